The molecule has 1 aliphatic rings. The van der Waals surface area contributed by atoms with Crippen molar-refractivity contribution in [2.45, 2.75) is 19.1 Å². The number of rotatable bonds is 3. The summed E-state index contributed by atoms with van der Waals surface area (Å²) in [4.78, 5) is 15.9. The summed E-state index contributed by atoms with van der Waals surface area (Å²) in [5.74, 6) is 0.0166. The van der Waals surface area contributed by atoms with E-state index in [0.29, 0.717) is 25.1 Å². The van der Waals surface area contributed by atoms with E-state index in [9.17, 15) is 9.90 Å². The Balaban J connectivity index is 2.03. The van der Waals surface area contributed by atoms with Crippen molar-refractivity contribution >= 4 is 5.91 Å². The number of aliphatic hydroxyl groups excluding tert-OH is 1. The van der Waals surface area contributed by atoms with Gasteiger partial charge in [-0.3, -0.25) is 4.79 Å². The van der Waals surface area contributed by atoms with Crippen LogP contribution in [0.15, 0.2) is 24.3 Å². The van der Waals surface area contributed by atoms with Gasteiger partial charge in [-0.15, -0.1) is 0 Å². The Kier molecular flexibility index (Phi) is 3.99. The molecule has 1 heterocycles. The number of carbonyl (C=O) groups is 1. The summed E-state index contributed by atoms with van der Waals surface area (Å²) in [6.07, 6.45) is 0.326. The summed E-state index contributed by atoms with van der Waals surface area (Å²) in [5.41, 5.74) is 1.89. The SMILES string of the molecule is CN(C)Cc1ccc(C(=O)N2CC[C@@H](O)C2)cc1. The molecule has 1 atom stereocenters. The van der Waals surface area contributed by atoms with Crippen LogP contribution in [0.25, 0.3) is 0 Å². The number of hydrogen-bond acceptors (Lipinski definition) is 3. The molecule has 0 aromatic heterocycles. The third-order valence-corrected chi connectivity index (χ3v) is 3.15. The van der Waals surface area contributed by atoms with Gasteiger partial charge in [-0.2, -0.15) is 0 Å². The zero-order valence-electron chi connectivity index (χ0n) is 11.0. The lowest BCUT2D eigenvalue weighted by molar-refractivity contribution is 0.0765. The topological polar surface area (TPSA) is 43.8 Å². The molecule has 1 saturated heterocycles. The summed E-state index contributed by atoms with van der Waals surface area (Å²) in [5, 5.41) is 9.44. The maximum atomic E-state index is 12.1. The Morgan fingerprint density at radius 3 is 2.56 bits per heavy atom. The smallest absolute Gasteiger partial charge is 0.253 e. The van der Waals surface area contributed by atoms with E-state index in [1.165, 1.54) is 5.56 Å². The highest BCUT2D eigenvalue weighted by atomic mass is 16.3. The number of hydrogen-bond donors (Lipinski definition) is 1. The highest BCUT2D eigenvalue weighted by molar-refractivity contribution is 5.94. The fourth-order valence-electron chi connectivity index (χ4n) is 2.23. The van der Waals surface area contributed by atoms with Crippen molar-refractivity contribution in [2.75, 3.05) is 27.2 Å². The van der Waals surface area contributed by atoms with Gasteiger partial charge in [-0.25, -0.2) is 0 Å². The molecule has 0 saturated carbocycles. The zero-order valence-corrected chi connectivity index (χ0v) is 11.0. The Morgan fingerprint density at radius 2 is 2.06 bits per heavy atom. The first kappa shape index (κ1) is 13.1. The number of nitrogens with zero attached hydrogens (tertiary/aromatic N) is 2. The summed E-state index contributed by atoms with van der Waals surface area (Å²) < 4.78 is 0. The predicted octanol–water partition coefficient (Wildman–Crippen LogP) is 0.955. The third-order valence-electron chi connectivity index (χ3n) is 3.15. The molecule has 4 heteroatoms. The van der Waals surface area contributed by atoms with E-state index in [4.69, 9.17) is 0 Å². The molecule has 1 aromatic rings. The monoisotopic (exact) mass is 248 g/mol. The molecular formula is C14H20N2O2. The van der Waals surface area contributed by atoms with Crippen LogP contribution in [0, 0.1) is 0 Å². The predicted molar refractivity (Wildman–Crippen MR) is 70.4 cm³/mol. The van der Waals surface area contributed by atoms with Crippen molar-refractivity contribution in [3.8, 4) is 0 Å². The fourth-order valence-corrected chi connectivity index (χ4v) is 2.23. The minimum atomic E-state index is -0.359. The van der Waals surface area contributed by atoms with Crippen LogP contribution < -0.4 is 0 Å². The lowest BCUT2D eigenvalue weighted by Crippen LogP contribution is -2.29. The van der Waals surface area contributed by atoms with Crippen molar-refractivity contribution in [2.24, 2.45) is 0 Å². The third kappa shape index (κ3) is 3.09. The Labute approximate surface area is 108 Å². The van der Waals surface area contributed by atoms with E-state index in [1.807, 2.05) is 38.4 Å². The molecule has 0 unspecified atom stereocenters. The average molecular weight is 248 g/mol. The summed E-state index contributed by atoms with van der Waals surface area (Å²) in [6.45, 7) is 1.98. The van der Waals surface area contributed by atoms with Crippen LogP contribution in [-0.4, -0.2) is 54.1 Å². The normalized spacial score (nSPS) is 19.6. The van der Waals surface area contributed by atoms with Crippen molar-refractivity contribution in [1.82, 2.24) is 9.80 Å². The van der Waals surface area contributed by atoms with Gasteiger partial charge in [0.25, 0.3) is 5.91 Å². The van der Waals surface area contributed by atoms with E-state index in [-0.39, 0.29) is 12.0 Å². The minimum Gasteiger partial charge on any atom is -0.391 e. The molecule has 0 radical (unpaired) electrons. The highest BCUT2D eigenvalue weighted by Gasteiger charge is 2.25. The molecule has 0 aliphatic carbocycles. The molecule has 1 amide bonds. The Bertz CT molecular complexity index is 414. The minimum absolute atomic E-state index is 0.0166. The standard InChI is InChI=1S/C14H20N2O2/c1-15(2)9-11-3-5-12(6-4-11)14(18)16-8-7-13(17)10-16/h3-6,13,17H,7-10H2,1-2H3/t13-/m1/s1. The molecule has 1 aromatic carbocycles. The Hall–Kier alpha value is -1.39. The summed E-state index contributed by atoms with van der Waals surface area (Å²) in [6, 6.07) is 7.71. The second kappa shape index (κ2) is 5.50. The maximum absolute atomic E-state index is 12.1. The van der Waals surface area contributed by atoms with Crippen molar-refractivity contribution in [3.05, 3.63) is 35.4 Å². The quantitative estimate of drug-likeness (QED) is 0.866. The average Bonchev–Trinajstić information content (AvgIpc) is 2.75. The van der Waals surface area contributed by atoms with Gasteiger partial charge >= 0.3 is 0 Å². The van der Waals surface area contributed by atoms with E-state index in [0.717, 1.165) is 6.54 Å². The van der Waals surface area contributed by atoms with Crippen molar-refractivity contribution < 1.29 is 9.90 Å². The van der Waals surface area contributed by atoms with Gasteiger partial charge in [0.05, 0.1) is 6.10 Å². The maximum Gasteiger partial charge on any atom is 0.253 e. The van der Waals surface area contributed by atoms with E-state index in [1.54, 1.807) is 4.90 Å². The van der Waals surface area contributed by atoms with Gasteiger partial charge in [0, 0.05) is 25.2 Å². The van der Waals surface area contributed by atoms with Gasteiger partial charge in [-0.1, -0.05) is 12.1 Å². The first-order valence-corrected chi connectivity index (χ1v) is 6.27. The van der Waals surface area contributed by atoms with Crippen LogP contribution >= 0.6 is 0 Å². The molecular weight excluding hydrogens is 228 g/mol. The van der Waals surface area contributed by atoms with Gasteiger partial charge in [0.2, 0.25) is 0 Å². The van der Waals surface area contributed by atoms with Crippen LogP contribution in [0.1, 0.15) is 22.3 Å². The van der Waals surface area contributed by atoms with Gasteiger partial charge in [0.1, 0.15) is 0 Å². The van der Waals surface area contributed by atoms with Crippen LogP contribution in [0.2, 0.25) is 0 Å². The van der Waals surface area contributed by atoms with E-state index >= 15 is 0 Å². The zero-order chi connectivity index (χ0) is 13.1. The lowest BCUT2D eigenvalue weighted by Gasteiger charge is -2.16. The summed E-state index contributed by atoms with van der Waals surface area (Å²) in [7, 11) is 4.04. The van der Waals surface area contributed by atoms with Crippen molar-refractivity contribution in [1.29, 1.82) is 0 Å². The first-order valence-electron chi connectivity index (χ1n) is 6.27. The lowest BCUT2D eigenvalue weighted by atomic mass is 10.1. The van der Waals surface area contributed by atoms with Gasteiger partial charge in [-0.05, 0) is 38.2 Å². The first-order chi connectivity index (χ1) is 8.56. The van der Waals surface area contributed by atoms with Gasteiger partial charge in [0.15, 0.2) is 0 Å². The number of aliphatic hydroxyl groups is 1. The molecule has 18 heavy (non-hydrogen) atoms. The summed E-state index contributed by atoms with van der Waals surface area (Å²) >= 11 is 0. The number of amides is 1. The van der Waals surface area contributed by atoms with Crippen LogP contribution in [0.3, 0.4) is 0 Å². The largest absolute Gasteiger partial charge is 0.391 e. The van der Waals surface area contributed by atoms with Crippen LogP contribution in [0.5, 0.6) is 0 Å². The van der Waals surface area contributed by atoms with E-state index in [2.05, 4.69) is 4.90 Å². The molecule has 2 rings (SSSR count). The number of β-amino-alcohol motifs (C(OH)–C–C–N with tert-alkyl or cyclic N) is 1. The second-order valence-corrected chi connectivity index (χ2v) is 5.13. The van der Waals surface area contributed by atoms with Crippen LogP contribution in [0.4, 0.5) is 0 Å². The molecule has 1 N–H and O–H groups in total. The van der Waals surface area contributed by atoms with Gasteiger partial charge < -0.3 is 14.9 Å². The number of benzene rings is 1. The second-order valence-electron chi connectivity index (χ2n) is 5.13. The molecule has 4 nitrogen and oxygen atoms in total. The highest BCUT2D eigenvalue weighted by Crippen LogP contribution is 2.14. The molecule has 1 fully saturated rings. The fraction of sp³-hybridized carbons (Fsp3) is 0.500. The van der Waals surface area contributed by atoms with Crippen molar-refractivity contribution in [3.63, 3.8) is 0 Å². The molecule has 98 valence electrons. The molecule has 0 spiro atoms. The molecule has 0 bridgehead atoms. The van der Waals surface area contributed by atoms with E-state index < -0.39 is 0 Å². The van der Waals surface area contributed by atoms with Crippen LogP contribution in [-0.2, 0) is 6.54 Å². The number of carbonyl (C=O) groups excluding carboxylic acids is 1. The Morgan fingerprint density at radius 1 is 1.39 bits per heavy atom. The number of likely N-dealkylation sites (tertiary alicyclic amines) is 1. The molecule has 1 aliphatic heterocycles.